The number of benzene rings is 1. The molecule has 16 heavy (non-hydrogen) atoms. The second kappa shape index (κ2) is 3.29. The first-order valence-electron chi connectivity index (χ1n) is 5.87. The van der Waals surface area contributed by atoms with Crippen LogP contribution < -0.4 is 0 Å². The summed E-state index contributed by atoms with van der Waals surface area (Å²) in [4.78, 5) is 0. The lowest BCUT2D eigenvalue weighted by Crippen LogP contribution is -2.52. The SMILES string of the molecule is c1ccc(C2C(C3CO3)OC2C2CO2)cc1. The Bertz CT molecular complexity index is 365. The molecule has 0 N–H and O–H groups in total. The van der Waals surface area contributed by atoms with Crippen molar-refractivity contribution in [2.45, 2.75) is 30.3 Å². The number of epoxide rings is 2. The van der Waals surface area contributed by atoms with E-state index < -0.39 is 0 Å². The maximum Gasteiger partial charge on any atom is 0.108 e. The Kier molecular flexibility index (Phi) is 1.89. The molecule has 3 aliphatic heterocycles. The van der Waals surface area contributed by atoms with Crippen LogP contribution in [0.25, 0.3) is 0 Å². The van der Waals surface area contributed by atoms with E-state index in [1.54, 1.807) is 0 Å². The summed E-state index contributed by atoms with van der Waals surface area (Å²) in [5.74, 6) is 0.459. The molecule has 84 valence electrons. The number of hydrogen-bond acceptors (Lipinski definition) is 3. The van der Waals surface area contributed by atoms with Crippen molar-refractivity contribution in [3.05, 3.63) is 35.9 Å². The summed E-state index contributed by atoms with van der Waals surface area (Å²) in [5, 5.41) is 0. The van der Waals surface area contributed by atoms with E-state index in [0.717, 1.165) is 13.2 Å². The maximum atomic E-state index is 5.90. The van der Waals surface area contributed by atoms with Crippen molar-refractivity contribution in [1.82, 2.24) is 0 Å². The predicted molar refractivity (Wildman–Crippen MR) is 57.3 cm³/mol. The van der Waals surface area contributed by atoms with Gasteiger partial charge in [0.2, 0.25) is 0 Å². The molecule has 3 heterocycles. The van der Waals surface area contributed by atoms with Crippen LogP contribution in [0, 0.1) is 0 Å². The molecule has 0 bridgehead atoms. The third kappa shape index (κ3) is 1.39. The van der Waals surface area contributed by atoms with Crippen LogP contribution in [0.4, 0.5) is 0 Å². The Labute approximate surface area is 94.3 Å². The standard InChI is InChI=1S/C13H14O3/c1-2-4-8(5-3-1)11-12(9-6-14-9)16-13(11)10-7-15-10/h1-5,9-13H,6-7H2. The molecule has 0 saturated carbocycles. The quantitative estimate of drug-likeness (QED) is 0.718. The normalized spacial score (nSPS) is 44.9. The lowest BCUT2D eigenvalue weighted by Gasteiger charge is -2.44. The van der Waals surface area contributed by atoms with Crippen molar-refractivity contribution >= 4 is 0 Å². The van der Waals surface area contributed by atoms with Crippen LogP contribution in [-0.4, -0.2) is 37.6 Å². The fourth-order valence-corrected chi connectivity index (χ4v) is 2.63. The second-order valence-electron chi connectivity index (χ2n) is 4.75. The molecule has 0 aliphatic carbocycles. The highest BCUT2D eigenvalue weighted by Gasteiger charge is 2.57. The minimum atomic E-state index is 0.247. The monoisotopic (exact) mass is 218 g/mol. The number of hydrogen-bond donors (Lipinski definition) is 0. The van der Waals surface area contributed by atoms with Gasteiger partial charge in [-0.05, 0) is 5.56 Å². The van der Waals surface area contributed by atoms with Gasteiger partial charge in [0.15, 0.2) is 0 Å². The van der Waals surface area contributed by atoms with E-state index in [9.17, 15) is 0 Å². The summed E-state index contributed by atoms with van der Waals surface area (Å²) in [6, 6.07) is 10.6. The minimum Gasteiger partial charge on any atom is -0.370 e. The summed E-state index contributed by atoms with van der Waals surface area (Å²) < 4.78 is 16.6. The Morgan fingerprint density at radius 1 is 0.875 bits per heavy atom. The van der Waals surface area contributed by atoms with Crippen LogP contribution in [0.15, 0.2) is 30.3 Å². The molecular formula is C13H14O3. The van der Waals surface area contributed by atoms with Crippen LogP contribution in [-0.2, 0) is 14.2 Å². The molecule has 3 saturated heterocycles. The van der Waals surface area contributed by atoms with Crippen molar-refractivity contribution in [2.75, 3.05) is 13.2 Å². The van der Waals surface area contributed by atoms with Crippen LogP contribution in [0.3, 0.4) is 0 Å². The van der Waals surface area contributed by atoms with Gasteiger partial charge in [0.25, 0.3) is 0 Å². The average Bonchev–Trinajstić information content (AvgIpc) is 3.12. The molecule has 0 amide bonds. The first-order valence-corrected chi connectivity index (χ1v) is 5.87. The van der Waals surface area contributed by atoms with E-state index in [1.807, 2.05) is 6.07 Å². The van der Waals surface area contributed by atoms with E-state index in [1.165, 1.54) is 5.56 Å². The average molecular weight is 218 g/mol. The summed E-state index contributed by atoms with van der Waals surface area (Å²) in [7, 11) is 0. The van der Waals surface area contributed by atoms with E-state index >= 15 is 0 Å². The predicted octanol–water partition coefficient (Wildman–Crippen LogP) is 1.34. The summed E-state index contributed by atoms with van der Waals surface area (Å²) in [5.41, 5.74) is 1.36. The Hall–Kier alpha value is -0.900. The molecule has 3 nitrogen and oxygen atoms in total. The van der Waals surface area contributed by atoms with Gasteiger partial charge >= 0.3 is 0 Å². The Balaban J connectivity index is 1.60. The fourth-order valence-electron chi connectivity index (χ4n) is 2.63. The highest BCUT2D eigenvalue weighted by Crippen LogP contribution is 2.47. The molecule has 4 rings (SSSR count). The van der Waals surface area contributed by atoms with Crippen molar-refractivity contribution in [1.29, 1.82) is 0 Å². The van der Waals surface area contributed by atoms with E-state index in [4.69, 9.17) is 14.2 Å². The molecule has 0 aromatic heterocycles. The van der Waals surface area contributed by atoms with Gasteiger partial charge in [-0.2, -0.15) is 0 Å². The van der Waals surface area contributed by atoms with Gasteiger partial charge in [0.1, 0.15) is 12.2 Å². The first kappa shape index (κ1) is 9.16. The molecule has 3 fully saturated rings. The Morgan fingerprint density at radius 2 is 1.44 bits per heavy atom. The van der Waals surface area contributed by atoms with Crippen molar-refractivity contribution < 1.29 is 14.2 Å². The highest BCUT2D eigenvalue weighted by atomic mass is 16.6. The van der Waals surface area contributed by atoms with Crippen LogP contribution in [0.2, 0.25) is 0 Å². The largest absolute Gasteiger partial charge is 0.370 e. The zero-order valence-corrected chi connectivity index (χ0v) is 8.91. The molecule has 0 radical (unpaired) electrons. The molecule has 4 unspecified atom stereocenters. The third-order valence-corrected chi connectivity index (χ3v) is 3.66. The first-order chi connectivity index (χ1) is 7.93. The number of rotatable bonds is 3. The van der Waals surface area contributed by atoms with E-state index in [-0.39, 0.29) is 12.2 Å². The van der Waals surface area contributed by atoms with Gasteiger partial charge in [0, 0.05) is 5.92 Å². The zero-order chi connectivity index (χ0) is 10.5. The van der Waals surface area contributed by atoms with Crippen molar-refractivity contribution in [2.24, 2.45) is 0 Å². The highest BCUT2D eigenvalue weighted by molar-refractivity contribution is 5.27. The lowest BCUT2D eigenvalue weighted by molar-refractivity contribution is -0.165. The minimum absolute atomic E-state index is 0.247. The van der Waals surface area contributed by atoms with Gasteiger partial charge in [-0.1, -0.05) is 30.3 Å². The van der Waals surface area contributed by atoms with Crippen LogP contribution >= 0.6 is 0 Å². The van der Waals surface area contributed by atoms with E-state index in [2.05, 4.69) is 24.3 Å². The number of ether oxygens (including phenoxy) is 3. The Morgan fingerprint density at radius 3 is 1.94 bits per heavy atom. The maximum absolute atomic E-state index is 5.90. The van der Waals surface area contributed by atoms with Gasteiger partial charge < -0.3 is 14.2 Å². The van der Waals surface area contributed by atoms with Crippen LogP contribution in [0.5, 0.6) is 0 Å². The molecular weight excluding hydrogens is 204 g/mol. The summed E-state index contributed by atoms with van der Waals surface area (Å²) >= 11 is 0. The van der Waals surface area contributed by atoms with E-state index in [0.29, 0.717) is 18.1 Å². The smallest absolute Gasteiger partial charge is 0.108 e. The second-order valence-corrected chi connectivity index (χ2v) is 4.75. The summed E-state index contributed by atoms with van der Waals surface area (Å²) in [6.07, 6.45) is 1.13. The topological polar surface area (TPSA) is 34.3 Å². The van der Waals surface area contributed by atoms with Gasteiger partial charge in [-0.15, -0.1) is 0 Å². The van der Waals surface area contributed by atoms with Gasteiger partial charge in [-0.3, -0.25) is 0 Å². The van der Waals surface area contributed by atoms with Gasteiger partial charge in [-0.25, -0.2) is 0 Å². The van der Waals surface area contributed by atoms with Crippen molar-refractivity contribution in [3.63, 3.8) is 0 Å². The van der Waals surface area contributed by atoms with Crippen LogP contribution in [0.1, 0.15) is 11.5 Å². The summed E-state index contributed by atoms with van der Waals surface area (Å²) in [6.45, 7) is 1.71. The van der Waals surface area contributed by atoms with Gasteiger partial charge in [0.05, 0.1) is 25.4 Å². The lowest BCUT2D eigenvalue weighted by atomic mass is 9.80. The molecule has 4 atom stereocenters. The third-order valence-electron chi connectivity index (χ3n) is 3.66. The fraction of sp³-hybridized carbons (Fsp3) is 0.538. The molecule has 3 aliphatic rings. The molecule has 1 aromatic rings. The zero-order valence-electron chi connectivity index (χ0n) is 8.91. The molecule has 1 aromatic carbocycles. The molecule has 3 heteroatoms. The molecule has 0 spiro atoms. The van der Waals surface area contributed by atoms with Crippen molar-refractivity contribution in [3.8, 4) is 0 Å².